The summed E-state index contributed by atoms with van der Waals surface area (Å²) in [5.74, 6) is 0. The average Bonchev–Trinajstić information content (AvgIpc) is 2.19. The summed E-state index contributed by atoms with van der Waals surface area (Å²) >= 11 is 0. The van der Waals surface area contributed by atoms with Crippen molar-refractivity contribution in [3.63, 3.8) is 0 Å². The van der Waals surface area contributed by atoms with E-state index in [0.717, 1.165) is 5.71 Å². The molecule has 0 aromatic rings. The van der Waals surface area contributed by atoms with E-state index >= 15 is 0 Å². The van der Waals surface area contributed by atoms with Gasteiger partial charge in [0.2, 0.25) is 0 Å². The second kappa shape index (κ2) is 2.73. The van der Waals surface area contributed by atoms with Crippen molar-refractivity contribution in [3.8, 4) is 0 Å². The molecule has 3 heterocycles. The maximum atomic E-state index is 8.77. The number of hydrogen-bond acceptors (Lipinski definition) is 3. The van der Waals surface area contributed by atoms with Gasteiger partial charge in [-0.3, -0.25) is 0 Å². The standard InChI is InChI=1S/C9H16N2O/c1-8(10-12)9-2-5-11(6-3-9)7-4-9/h12H,2-7H2,1H3/b10-8+. The first-order valence-corrected chi connectivity index (χ1v) is 4.68. The largest absolute Gasteiger partial charge is 0.411 e. The van der Waals surface area contributed by atoms with Gasteiger partial charge in [-0.2, -0.15) is 0 Å². The highest BCUT2D eigenvalue weighted by Crippen LogP contribution is 2.41. The number of oxime groups is 1. The summed E-state index contributed by atoms with van der Waals surface area (Å²) in [4.78, 5) is 2.49. The van der Waals surface area contributed by atoms with Crippen molar-refractivity contribution in [2.45, 2.75) is 26.2 Å². The molecule has 3 aliphatic rings. The van der Waals surface area contributed by atoms with E-state index < -0.39 is 0 Å². The predicted octanol–water partition coefficient (Wildman–Crippen LogP) is 1.32. The van der Waals surface area contributed by atoms with Crippen LogP contribution in [-0.4, -0.2) is 35.5 Å². The van der Waals surface area contributed by atoms with E-state index in [1.807, 2.05) is 6.92 Å². The second-order valence-electron chi connectivity index (χ2n) is 4.06. The number of rotatable bonds is 1. The topological polar surface area (TPSA) is 35.8 Å². The van der Waals surface area contributed by atoms with Crippen LogP contribution in [0.15, 0.2) is 5.16 Å². The van der Waals surface area contributed by atoms with Gasteiger partial charge in [0.15, 0.2) is 0 Å². The molecule has 0 radical (unpaired) electrons. The lowest BCUT2D eigenvalue weighted by Gasteiger charge is -2.47. The zero-order valence-electron chi connectivity index (χ0n) is 7.58. The van der Waals surface area contributed by atoms with Crippen LogP contribution in [0.2, 0.25) is 0 Å². The fourth-order valence-corrected chi connectivity index (χ4v) is 2.48. The van der Waals surface area contributed by atoms with Crippen LogP contribution in [0, 0.1) is 5.41 Å². The molecule has 0 aromatic carbocycles. The first-order valence-electron chi connectivity index (χ1n) is 4.68. The molecule has 0 aliphatic carbocycles. The van der Waals surface area contributed by atoms with E-state index in [4.69, 9.17) is 5.21 Å². The van der Waals surface area contributed by atoms with E-state index in [0.29, 0.717) is 0 Å². The number of hydrogen-bond donors (Lipinski definition) is 1. The minimum absolute atomic E-state index is 0.253. The van der Waals surface area contributed by atoms with Gasteiger partial charge in [-0.15, -0.1) is 0 Å². The van der Waals surface area contributed by atoms with Crippen molar-refractivity contribution in [2.24, 2.45) is 10.6 Å². The first kappa shape index (κ1) is 8.05. The molecular formula is C9H16N2O. The summed E-state index contributed by atoms with van der Waals surface area (Å²) in [7, 11) is 0. The van der Waals surface area contributed by atoms with Crippen LogP contribution in [0.1, 0.15) is 26.2 Å². The zero-order valence-corrected chi connectivity index (χ0v) is 7.58. The minimum Gasteiger partial charge on any atom is -0.411 e. The van der Waals surface area contributed by atoms with Crippen molar-refractivity contribution in [2.75, 3.05) is 19.6 Å². The lowest BCUT2D eigenvalue weighted by atomic mass is 9.69. The molecule has 3 rings (SSSR count). The van der Waals surface area contributed by atoms with Gasteiger partial charge in [-0.05, 0) is 45.8 Å². The van der Waals surface area contributed by atoms with Crippen LogP contribution in [-0.2, 0) is 0 Å². The van der Waals surface area contributed by atoms with Crippen molar-refractivity contribution in [1.82, 2.24) is 4.90 Å². The van der Waals surface area contributed by atoms with Gasteiger partial charge >= 0.3 is 0 Å². The van der Waals surface area contributed by atoms with E-state index in [-0.39, 0.29) is 5.41 Å². The van der Waals surface area contributed by atoms with Crippen LogP contribution in [0.5, 0.6) is 0 Å². The summed E-state index contributed by atoms with van der Waals surface area (Å²) in [6, 6.07) is 0. The number of piperidine rings is 3. The molecule has 0 spiro atoms. The monoisotopic (exact) mass is 168 g/mol. The Morgan fingerprint density at radius 1 is 1.25 bits per heavy atom. The quantitative estimate of drug-likeness (QED) is 0.364. The molecule has 3 heteroatoms. The second-order valence-corrected chi connectivity index (χ2v) is 4.06. The Hall–Kier alpha value is -0.570. The van der Waals surface area contributed by atoms with E-state index in [1.54, 1.807) is 0 Å². The van der Waals surface area contributed by atoms with E-state index in [2.05, 4.69) is 10.1 Å². The van der Waals surface area contributed by atoms with Gasteiger partial charge in [0, 0.05) is 5.41 Å². The molecule has 0 amide bonds. The Morgan fingerprint density at radius 3 is 2.17 bits per heavy atom. The molecule has 2 bridgehead atoms. The van der Waals surface area contributed by atoms with Gasteiger partial charge < -0.3 is 10.1 Å². The normalized spacial score (nSPS) is 41.8. The average molecular weight is 168 g/mol. The van der Waals surface area contributed by atoms with Crippen molar-refractivity contribution >= 4 is 5.71 Å². The summed E-state index contributed by atoms with van der Waals surface area (Å²) in [6.07, 6.45) is 3.55. The van der Waals surface area contributed by atoms with Crippen LogP contribution in [0.25, 0.3) is 0 Å². The molecule has 12 heavy (non-hydrogen) atoms. The maximum Gasteiger partial charge on any atom is 0.0603 e. The third kappa shape index (κ3) is 1.04. The van der Waals surface area contributed by atoms with Crippen LogP contribution < -0.4 is 0 Å². The van der Waals surface area contributed by atoms with Gasteiger partial charge in [-0.1, -0.05) is 5.16 Å². The van der Waals surface area contributed by atoms with Crippen molar-refractivity contribution in [3.05, 3.63) is 0 Å². The summed E-state index contributed by atoms with van der Waals surface area (Å²) < 4.78 is 0. The molecule has 3 nitrogen and oxygen atoms in total. The number of fused-ring (bicyclic) bond motifs is 3. The Balaban J connectivity index is 2.19. The van der Waals surface area contributed by atoms with Gasteiger partial charge in [-0.25, -0.2) is 0 Å². The molecule has 68 valence electrons. The summed E-state index contributed by atoms with van der Waals surface area (Å²) in [5.41, 5.74) is 1.20. The van der Waals surface area contributed by atoms with Gasteiger partial charge in [0.1, 0.15) is 0 Å². The van der Waals surface area contributed by atoms with Crippen LogP contribution >= 0.6 is 0 Å². The fraction of sp³-hybridized carbons (Fsp3) is 0.889. The molecule has 0 aromatic heterocycles. The van der Waals surface area contributed by atoms with Crippen molar-refractivity contribution < 1.29 is 5.21 Å². The predicted molar refractivity (Wildman–Crippen MR) is 47.6 cm³/mol. The van der Waals surface area contributed by atoms with E-state index in [1.165, 1.54) is 38.9 Å². The maximum absolute atomic E-state index is 8.77. The smallest absolute Gasteiger partial charge is 0.0603 e. The van der Waals surface area contributed by atoms with Crippen LogP contribution in [0.4, 0.5) is 0 Å². The Kier molecular flexibility index (Phi) is 1.83. The summed E-state index contributed by atoms with van der Waals surface area (Å²) in [6.45, 7) is 5.52. The minimum atomic E-state index is 0.253. The fourth-order valence-electron chi connectivity index (χ4n) is 2.48. The lowest BCUT2D eigenvalue weighted by molar-refractivity contribution is 0.0719. The molecule has 3 saturated heterocycles. The van der Waals surface area contributed by atoms with E-state index in [9.17, 15) is 0 Å². The SMILES string of the molecule is C/C(=N\O)C12CCN(CC1)CC2. The molecule has 1 N–H and O–H groups in total. The zero-order chi connectivity index (χ0) is 8.60. The number of nitrogens with zero attached hydrogens (tertiary/aromatic N) is 2. The first-order chi connectivity index (χ1) is 5.77. The van der Waals surface area contributed by atoms with Gasteiger partial charge in [0.25, 0.3) is 0 Å². The Labute approximate surface area is 73.1 Å². The third-order valence-corrected chi connectivity index (χ3v) is 3.64. The highest BCUT2D eigenvalue weighted by Gasteiger charge is 2.41. The lowest BCUT2D eigenvalue weighted by Crippen LogP contribution is -2.51. The molecule has 0 saturated carbocycles. The van der Waals surface area contributed by atoms with Crippen molar-refractivity contribution in [1.29, 1.82) is 0 Å². The molecule has 3 aliphatic heterocycles. The molecular weight excluding hydrogens is 152 g/mol. The molecule has 0 atom stereocenters. The van der Waals surface area contributed by atoms with Crippen LogP contribution in [0.3, 0.4) is 0 Å². The third-order valence-electron chi connectivity index (χ3n) is 3.64. The highest BCUT2D eigenvalue weighted by molar-refractivity contribution is 5.87. The Morgan fingerprint density at radius 2 is 1.75 bits per heavy atom. The Bertz CT molecular complexity index is 191. The molecule has 3 fully saturated rings. The highest BCUT2D eigenvalue weighted by atomic mass is 16.4. The van der Waals surface area contributed by atoms with Gasteiger partial charge in [0.05, 0.1) is 5.71 Å². The summed E-state index contributed by atoms with van der Waals surface area (Å²) in [5, 5.41) is 12.2. The molecule has 0 unspecified atom stereocenters.